The molecule has 1 aromatic carbocycles. The van der Waals surface area contributed by atoms with Gasteiger partial charge in [-0.1, -0.05) is 0 Å². The third kappa shape index (κ3) is 2.95. The van der Waals surface area contributed by atoms with E-state index in [1.807, 2.05) is 0 Å². The number of carboxylic acid groups (broad SMARTS) is 1. The molecule has 0 aliphatic rings. The maximum absolute atomic E-state index is 12.5. The normalized spacial score (nSPS) is 11.6. The second-order valence-corrected chi connectivity index (χ2v) is 7.55. The van der Waals surface area contributed by atoms with Crippen LogP contribution in [0.25, 0.3) is 11.3 Å². The van der Waals surface area contributed by atoms with Gasteiger partial charge in [0.2, 0.25) is 0 Å². The maximum atomic E-state index is 12.5. The van der Waals surface area contributed by atoms with Crippen molar-refractivity contribution in [3.8, 4) is 11.3 Å². The van der Waals surface area contributed by atoms with E-state index in [1.165, 1.54) is 32.2 Å². The Bertz CT molecular complexity index is 882. The smallest absolute Gasteiger partial charge is 0.415 e. The third-order valence-corrected chi connectivity index (χ3v) is 5.54. The Hall–Kier alpha value is -2.68. The lowest BCUT2D eigenvalue weighted by molar-refractivity contribution is -0.384. The lowest BCUT2D eigenvalue weighted by Gasteiger charge is -2.13. The summed E-state index contributed by atoms with van der Waals surface area (Å²) in [6.45, 7) is 2.97. The standard InChI is InChI=1S/C14H14N2O6S/c1-9(2)23(21,22)13-6-5-10(16(19)20)8-11(13)12-4-3-7-15(12)14(17)18/h3-9H,1-2H3,(H,17,18). The average Bonchev–Trinajstić information content (AvgIpc) is 2.95. The van der Waals surface area contributed by atoms with Gasteiger partial charge in [0.1, 0.15) is 0 Å². The molecule has 122 valence electrons. The van der Waals surface area contributed by atoms with Gasteiger partial charge in [-0.3, -0.25) is 14.7 Å². The number of rotatable bonds is 4. The zero-order valence-corrected chi connectivity index (χ0v) is 13.1. The summed E-state index contributed by atoms with van der Waals surface area (Å²) in [6.07, 6.45) is -0.0770. The van der Waals surface area contributed by atoms with Crippen LogP contribution in [0.3, 0.4) is 0 Å². The van der Waals surface area contributed by atoms with Gasteiger partial charge in [-0.05, 0) is 32.0 Å². The van der Waals surface area contributed by atoms with Gasteiger partial charge in [0, 0.05) is 23.9 Å². The lowest BCUT2D eigenvalue weighted by atomic mass is 10.1. The topological polar surface area (TPSA) is 120 Å². The molecule has 0 unspecified atom stereocenters. The summed E-state index contributed by atoms with van der Waals surface area (Å²) in [7, 11) is -3.75. The van der Waals surface area contributed by atoms with E-state index in [0.29, 0.717) is 0 Å². The van der Waals surface area contributed by atoms with Crippen molar-refractivity contribution in [3.63, 3.8) is 0 Å². The molecule has 0 aliphatic heterocycles. The van der Waals surface area contributed by atoms with Crippen LogP contribution in [-0.4, -0.2) is 34.4 Å². The number of benzene rings is 1. The van der Waals surface area contributed by atoms with E-state index >= 15 is 0 Å². The first kappa shape index (κ1) is 16.7. The van der Waals surface area contributed by atoms with Gasteiger partial charge in [0.25, 0.3) is 5.69 Å². The van der Waals surface area contributed by atoms with Crippen LogP contribution < -0.4 is 0 Å². The van der Waals surface area contributed by atoms with Gasteiger partial charge in [0.05, 0.1) is 20.8 Å². The minimum absolute atomic E-state index is 0.0136. The highest BCUT2D eigenvalue weighted by atomic mass is 32.2. The largest absolute Gasteiger partial charge is 0.464 e. The third-order valence-electron chi connectivity index (χ3n) is 3.33. The number of nitro benzene ring substituents is 1. The predicted octanol–water partition coefficient (Wildman–Crippen LogP) is 2.77. The highest BCUT2D eigenvalue weighted by molar-refractivity contribution is 7.92. The number of hydrogen-bond donors (Lipinski definition) is 1. The van der Waals surface area contributed by atoms with Gasteiger partial charge in [0.15, 0.2) is 9.84 Å². The van der Waals surface area contributed by atoms with Gasteiger partial charge in [-0.25, -0.2) is 13.2 Å². The molecule has 9 heteroatoms. The minimum Gasteiger partial charge on any atom is -0.464 e. The Labute approximate surface area is 132 Å². The van der Waals surface area contributed by atoms with Crippen LogP contribution in [0.4, 0.5) is 10.5 Å². The van der Waals surface area contributed by atoms with Gasteiger partial charge in [-0.2, -0.15) is 0 Å². The van der Waals surface area contributed by atoms with Gasteiger partial charge < -0.3 is 5.11 Å². The fourth-order valence-corrected chi connectivity index (χ4v) is 3.34. The van der Waals surface area contributed by atoms with Gasteiger partial charge >= 0.3 is 6.09 Å². The number of nitrogens with zero attached hydrogens (tertiary/aromatic N) is 2. The van der Waals surface area contributed by atoms with Crippen molar-refractivity contribution in [2.75, 3.05) is 0 Å². The summed E-state index contributed by atoms with van der Waals surface area (Å²) >= 11 is 0. The number of hydrogen-bond acceptors (Lipinski definition) is 5. The SMILES string of the molecule is CC(C)S(=O)(=O)c1ccc([N+](=O)[O-])cc1-c1cccn1C(=O)O. The Morgan fingerprint density at radius 1 is 1.30 bits per heavy atom. The van der Waals surface area contributed by atoms with Crippen molar-refractivity contribution in [3.05, 3.63) is 46.6 Å². The second-order valence-electron chi connectivity index (χ2n) is 5.08. The average molecular weight is 338 g/mol. The molecule has 23 heavy (non-hydrogen) atoms. The Balaban J connectivity index is 2.83. The van der Waals surface area contributed by atoms with Gasteiger partial charge in [-0.15, -0.1) is 0 Å². The Morgan fingerprint density at radius 2 is 1.96 bits per heavy atom. The highest BCUT2D eigenvalue weighted by Crippen LogP contribution is 2.33. The first-order chi connectivity index (χ1) is 10.7. The van der Waals surface area contributed by atoms with Crippen molar-refractivity contribution >= 4 is 21.6 Å². The van der Waals surface area contributed by atoms with E-state index in [-0.39, 0.29) is 21.8 Å². The van der Waals surface area contributed by atoms with Crippen molar-refractivity contribution < 1.29 is 23.2 Å². The zero-order chi connectivity index (χ0) is 17.4. The Kier molecular flexibility index (Phi) is 4.24. The van der Waals surface area contributed by atoms with Crippen molar-refractivity contribution in [1.82, 2.24) is 4.57 Å². The molecule has 1 heterocycles. The number of sulfone groups is 1. The first-order valence-corrected chi connectivity index (χ1v) is 8.14. The van der Waals surface area contributed by atoms with Crippen molar-refractivity contribution in [1.29, 1.82) is 0 Å². The first-order valence-electron chi connectivity index (χ1n) is 6.59. The number of non-ortho nitro benzene ring substituents is 1. The van der Waals surface area contributed by atoms with Crippen LogP contribution >= 0.6 is 0 Å². The molecule has 2 aromatic rings. The Morgan fingerprint density at radius 3 is 2.48 bits per heavy atom. The molecule has 8 nitrogen and oxygen atoms in total. The number of aromatic nitrogens is 1. The number of nitro groups is 1. The minimum atomic E-state index is -3.75. The zero-order valence-electron chi connectivity index (χ0n) is 12.3. The fourth-order valence-electron chi connectivity index (χ4n) is 2.10. The highest BCUT2D eigenvalue weighted by Gasteiger charge is 2.27. The molecule has 0 aliphatic carbocycles. The summed E-state index contributed by atoms with van der Waals surface area (Å²) in [6, 6.07) is 6.12. The molecule has 1 aromatic heterocycles. The molecule has 0 spiro atoms. The summed E-state index contributed by atoms with van der Waals surface area (Å²) < 4.78 is 25.8. The molecular weight excluding hydrogens is 324 g/mol. The predicted molar refractivity (Wildman–Crippen MR) is 82.3 cm³/mol. The molecule has 0 saturated heterocycles. The van der Waals surface area contributed by atoms with Crippen LogP contribution in [0.15, 0.2) is 41.4 Å². The molecule has 1 N–H and O–H groups in total. The van der Waals surface area contributed by atoms with Crippen LogP contribution in [-0.2, 0) is 9.84 Å². The summed E-state index contributed by atoms with van der Waals surface area (Å²) in [4.78, 5) is 21.4. The lowest BCUT2D eigenvalue weighted by Crippen LogP contribution is -2.16. The van der Waals surface area contributed by atoms with E-state index in [4.69, 9.17) is 0 Å². The van der Waals surface area contributed by atoms with E-state index in [1.54, 1.807) is 0 Å². The molecule has 0 fully saturated rings. The summed E-state index contributed by atoms with van der Waals surface area (Å²) in [5.74, 6) is 0. The molecule has 0 bridgehead atoms. The molecule has 0 radical (unpaired) electrons. The van der Waals surface area contributed by atoms with Crippen LogP contribution in [0.1, 0.15) is 13.8 Å². The van der Waals surface area contributed by atoms with Crippen molar-refractivity contribution in [2.24, 2.45) is 0 Å². The molecular formula is C14H14N2O6S. The molecule has 2 rings (SSSR count). The molecule has 0 atom stereocenters. The monoisotopic (exact) mass is 338 g/mol. The van der Waals surface area contributed by atoms with E-state index in [0.717, 1.165) is 22.8 Å². The van der Waals surface area contributed by atoms with E-state index < -0.39 is 26.1 Å². The van der Waals surface area contributed by atoms with Crippen molar-refractivity contribution in [2.45, 2.75) is 24.0 Å². The van der Waals surface area contributed by atoms with E-state index in [2.05, 4.69) is 0 Å². The van der Waals surface area contributed by atoms with Crippen LogP contribution in [0.5, 0.6) is 0 Å². The van der Waals surface area contributed by atoms with Crippen LogP contribution in [0.2, 0.25) is 0 Å². The maximum Gasteiger partial charge on any atom is 0.415 e. The number of carbonyl (C=O) groups is 1. The quantitative estimate of drug-likeness (QED) is 0.676. The van der Waals surface area contributed by atoms with E-state index in [9.17, 15) is 28.4 Å². The second kappa shape index (κ2) is 5.84. The summed E-state index contributed by atoms with van der Waals surface area (Å²) in [5, 5.41) is 19.4. The molecule has 0 amide bonds. The fraction of sp³-hybridized carbons (Fsp3) is 0.214. The van der Waals surface area contributed by atoms with Crippen LogP contribution in [0, 0.1) is 10.1 Å². The molecule has 0 saturated carbocycles. The summed E-state index contributed by atoms with van der Waals surface area (Å²) in [5.41, 5.74) is -0.276.